The van der Waals surface area contributed by atoms with Crippen molar-refractivity contribution in [3.05, 3.63) is 16.8 Å². The molecule has 0 radical (unpaired) electrons. The number of anilines is 1. The summed E-state index contributed by atoms with van der Waals surface area (Å²) >= 11 is 1.84. The van der Waals surface area contributed by atoms with Crippen LogP contribution in [0.2, 0.25) is 0 Å². The number of fused-ring (bicyclic) bond motifs is 3. The fourth-order valence-electron chi connectivity index (χ4n) is 3.17. The molecule has 4 rings (SSSR count). The number of hydrogen-bond donors (Lipinski definition) is 2. The van der Waals surface area contributed by atoms with Gasteiger partial charge in [0.1, 0.15) is 0 Å². The standard InChI is InChI=1S/C14H18N4S/c1-2-5-9(4-1)16-14-17-13-10-8-15-18-11(10)6-3-7-12(13)19-14/h8-9H,1-7H2,(H,15,18)(H,16,17). The fraction of sp³-hybridized carbons (Fsp3) is 0.571. The third-order valence-electron chi connectivity index (χ3n) is 4.18. The minimum Gasteiger partial charge on any atom is -0.359 e. The highest BCUT2D eigenvalue weighted by Gasteiger charge is 2.22. The number of aryl methyl sites for hydroxylation is 2. The average Bonchev–Trinajstić information content (AvgIpc) is 3.10. The maximum absolute atomic E-state index is 4.84. The van der Waals surface area contributed by atoms with Gasteiger partial charge < -0.3 is 5.32 Å². The monoisotopic (exact) mass is 274 g/mol. The lowest BCUT2D eigenvalue weighted by Crippen LogP contribution is -2.14. The molecule has 2 aliphatic rings. The topological polar surface area (TPSA) is 53.6 Å². The predicted molar refractivity (Wildman–Crippen MR) is 77.6 cm³/mol. The first kappa shape index (κ1) is 11.5. The number of thiazole rings is 1. The summed E-state index contributed by atoms with van der Waals surface area (Å²) < 4.78 is 0. The molecule has 2 aliphatic carbocycles. The molecule has 19 heavy (non-hydrogen) atoms. The van der Waals surface area contributed by atoms with Crippen LogP contribution in [0, 0.1) is 0 Å². The molecule has 0 unspecified atom stereocenters. The van der Waals surface area contributed by atoms with E-state index in [1.54, 1.807) is 0 Å². The van der Waals surface area contributed by atoms with Crippen LogP contribution < -0.4 is 5.32 Å². The molecule has 0 amide bonds. The first-order valence-electron chi connectivity index (χ1n) is 7.19. The molecular formula is C14H18N4S. The van der Waals surface area contributed by atoms with E-state index in [0.29, 0.717) is 6.04 Å². The predicted octanol–water partition coefficient (Wildman–Crippen LogP) is 3.38. The van der Waals surface area contributed by atoms with Gasteiger partial charge in [0, 0.05) is 22.2 Å². The van der Waals surface area contributed by atoms with Crippen molar-refractivity contribution in [1.82, 2.24) is 15.2 Å². The van der Waals surface area contributed by atoms with E-state index in [2.05, 4.69) is 15.5 Å². The van der Waals surface area contributed by atoms with Crippen LogP contribution in [0.3, 0.4) is 0 Å². The molecule has 2 N–H and O–H groups in total. The lowest BCUT2D eigenvalue weighted by Gasteiger charge is -2.09. The fourth-order valence-corrected chi connectivity index (χ4v) is 4.27. The van der Waals surface area contributed by atoms with Crippen LogP contribution >= 0.6 is 11.3 Å². The SMILES string of the molecule is c1n[nH]c2c1-c1nc(NC3CCCC3)sc1CCC2. The van der Waals surface area contributed by atoms with Crippen LogP contribution in [-0.2, 0) is 12.8 Å². The number of H-pyrrole nitrogens is 1. The Morgan fingerprint density at radius 1 is 1.21 bits per heavy atom. The molecule has 100 valence electrons. The Labute approximate surface area is 116 Å². The van der Waals surface area contributed by atoms with Crippen molar-refractivity contribution >= 4 is 16.5 Å². The second-order valence-electron chi connectivity index (χ2n) is 5.53. The lowest BCUT2D eigenvalue weighted by atomic mass is 10.2. The van der Waals surface area contributed by atoms with Crippen LogP contribution in [0.1, 0.15) is 42.7 Å². The van der Waals surface area contributed by atoms with Crippen LogP contribution in [-0.4, -0.2) is 21.2 Å². The number of aromatic amines is 1. The van der Waals surface area contributed by atoms with Gasteiger partial charge in [0.25, 0.3) is 0 Å². The van der Waals surface area contributed by atoms with Crippen LogP contribution in [0.15, 0.2) is 6.20 Å². The number of nitrogens with zero attached hydrogens (tertiary/aromatic N) is 2. The second-order valence-corrected chi connectivity index (χ2v) is 6.62. The first-order valence-corrected chi connectivity index (χ1v) is 8.00. The molecule has 0 spiro atoms. The Morgan fingerprint density at radius 2 is 2.11 bits per heavy atom. The quantitative estimate of drug-likeness (QED) is 0.882. The highest BCUT2D eigenvalue weighted by Crippen LogP contribution is 2.37. The summed E-state index contributed by atoms with van der Waals surface area (Å²) in [6, 6.07) is 0.638. The third kappa shape index (κ3) is 2.06. The van der Waals surface area contributed by atoms with Crippen molar-refractivity contribution in [3.63, 3.8) is 0 Å². The van der Waals surface area contributed by atoms with Gasteiger partial charge in [-0.25, -0.2) is 4.98 Å². The summed E-state index contributed by atoms with van der Waals surface area (Å²) in [4.78, 5) is 6.25. The zero-order valence-corrected chi connectivity index (χ0v) is 11.7. The van der Waals surface area contributed by atoms with E-state index in [1.807, 2.05) is 17.5 Å². The Morgan fingerprint density at radius 3 is 3.00 bits per heavy atom. The summed E-state index contributed by atoms with van der Waals surface area (Å²) in [5, 5.41) is 12.0. The maximum Gasteiger partial charge on any atom is 0.183 e. The van der Waals surface area contributed by atoms with Gasteiger partial charge in [0.2, 0.25) is 0 Å². The number of rotatable bonds is 2. The highest BCUT2D eigenvalue weighted by atomic mass is 32.1. The van der Waals surface area contributed by atoms with Crippen molar-refractivity contribution in [2.45, 2.75) is 51.0 Å². The Hall–Kier alpha value is -1.36. The van der Waals surface area contributed by atoms with Crippen molar-refractivity contribution in [2.75, 3.05) is 5.32 Å². The molecule has 2 heterocycles. The van der Waals surface area contributed by atoms with Crippen molar-refractivity contribution in [2.24, 2.45) is 0 Å². The number of hydrogen-bond acceptors (Lipinski definition) is 4. The summed E-state index contributed by atoms with van der Waals surface area (Å²) in [5.74, 6) is 0. The van der Waals surface area contributed by atoms with Gasteiger partial charge in [-0.05, 0) is 32.1 Å². The molecular weight excluding hydrogens is 256 g/mol. The van der Waals surface area contributed by atoms with Gasteiger partial charge >= 0.3 is 0 Å². The molecule has 2 aromatic heterocycles. The zero-order chi connectivity index (χ0) is 12.7. The summed E-state index contributed by atoms with van der Waals surface area (Å²) in [6.45, 7) is 0. The van der Waals surface area contributed by atoms with E-state index >= 15 is 0 Å². The Bertz CT molecular complexity index is 580. The van der Waals surface area contributed by atoms with Gasteiger partial charge in [-0.2, -0.15) is 5.10 Å². The van der Waals surface area contributed by atoms with E-state index in [-0.39, 0.29) is 0 Å². The van der Waals surface area contributed by atoms with Gasteiger partial charge in [0.15, 0.2) is 5.13 Å². The minimum atomic E-state index is 0.638. The zero-order valence-electron chi connectivity index (χ0n) is 10.9. The van der Waals surface area contributed by atoms with E-state index in [9.17, 15) is 0 Å². The molecule has 1 fully saturated rings. The summed E-state index contributed by atoms with van der Waals surface area (Å²) in [7, 11) is 0. The Kier molecular flexibility index (Phi) is 2.80. The van der Waals surface area contributed by atoms with Crippen molar-refractivity contribution in [1.29, 1.82) is 0 Å². The highest BCUT2D eigenvalue weighted by molar-refractivity contribution is 7.16. The molecule has 0 bridgehead atoms. The van der Waals surface area contributed by atoms with Gasteiger partial charge in [-0.15, -0.1) is 11.3 Å². The maximum atomic E-state index is 4.84. The van der Waals surface area contributed by atoms with Crippen LogP contribution in [0.25, 0.3) is 11.3 Å². The first-order chi connectivity index (χ1) is 9.40. The summed E-state index contributed by atoms with van der Waals surface area (Å²) in [5.41, 5.74) is 3.62. The molecule has 1 saturated carbocycles. The Balaban J connectivity index is 1.66. The van der Waals surface area contributed by atoms with E-state index in [4.69, 9.17) is 4.98 Å². The number of nitrogens with one attached hydrogen (secondary N) is 2. The molecule has 0 aliphatic heterocycles. The smallest absolute Gasteiger partial charge is 0.183 e. The third-order valence-corrected chi connectivity index (χ3v) is 5.23. The normalized spacial score (nSPS) is 18.9. The molecule has 5 heteroatoms. The van der Waals surface area contributed by atoms with Crippen molar-refractivity contribution in [3.8, 4) is 11.3 Å². The molecule has 4 nitrogen and oxygen atoms in total. The lowest BCUT2D eigenvalue weighted by molar-refractivity contribution is 0.754. The van der Waals surface area contributed by atoms with Crippen LogP contribution in [0.4, 0.5) is 5.13 Å². The van der Waals surface area contributed by atoms with E-state index < -0.39 is 0 Å². The molecule has 0 aromatic carbocycles. The van der Waals surface area contributed by atoms with E-state index in [1.165, 1.54) is 48.2 Å². The molecule has 0 atom stereocenters. The second kappa shape index (κ2) is 4.63. The number of aromatic nitrogens is 3. The average molecular weight is 274 g/mol. The van der Waals surface area contributed by atoms with Crippen LogP contribution in [0.5, 0.6) is 0 Å². The van der Waals surface area contributed by atoms with Gasteiger partial charge in [-0.1, -0.05) is 12.8 Å². The summed E-state index contributed by atoms with van der Waals surface area (Å²) in [6.07, 6.45) is 10.6. The molecule has 0 saturated heterocycles. The van der Waals surface area contributed by atoms with Crippen molar-refractivity contribution < 1.29 is 0 Å². The van der Waals surface area contributed by atoms with Gasteiger partial charge in [0.05, 0.1) is 11.9 Å². The minimum absolute atomic E-state index is 0.638. The molecule has 2 aromatic rings. The van der Waals surface area contributed by atoms with Gasteiger partial charge in [-0.3, -0.25) is 5.10 Å². The van der Waals surface area contributed by atoms with E-state index in [0.717, 1.165) is 23.7 Å². The largest absolute Gasteiger partial charge is 0.359 e.